The van der Waals surface area contributed by atoms with Crippen LogP contribution >= 0.6 is 0 Å². The largest absolute Gasteiger partial charge is 0.387 e. The Labute approximate surface area is 115 Å². The minimum atomic E-state index is -0.630. The van der Waals surface area contributed by atoms with Crippen molar-refractivity contribution in [3.8, 4) is 0 Å². The number of halogens is 1. The van der Waals surface area contributed by atoms with Crippen LogP contribution < -0.4 is 0 Å². The summed E-state index contributed by atoms with van der Waals surface area (Å²) in [5, 5.41) is 10.0. The number of pyridine rings is 1. The van der Waals surface area contributed by atoms with Crippen molar-refractivity contribution in [2.24, 2.45) is 5.92 Å². The Morgan fingerprint density at radius 1 is 1.32 bits per heavy atom. The first-order chi connectivity index (χ1) is 8.90. The molecule has 2 unspecified atom stereocenters. The van der Waals surface area contributed by atoms with Crippen LogP contribution in [0.2, 0.25) is 0 Å². The van der Waals surface area contributed by atoms with E-state index in [0.29, 0.717) is 24.1 Å². The highest BCUT2D eigenvalue weighted by atomic mass is 19.1. The van der Waals surface area contributed by atoms with Gasteiger partial charge in [-0.3, -0.25) is 4.98 Å². The van der Waals surface area contributed by atoms with E-state index < -0.39 is 6.10 Å². The fraction of sp³-hybridized carbons (Fsp3) is 0.667. The SMILES string of the molecule is CC(C)CC(C)N(C)CCC(O)c1ccc(F)cn1. The van der Waals surface area contributed by atoms with E-state index in [9.17, 15) is 9.50 Å². The summed E-state index contributed by atoms with van der Waals surface area (Å²) in [5.74, 6) is 0.291. The van der Waals surface area contributed by atoms with Gasteiger partial charge in [0.1, 0.15) is 5.82 Å². The van der Waals surface area contributed by atoms with Gasteiger partial charge in [-0.1, -0.05) is 13.8 Å². The molecule has 0 bridgehead atoms. The number of nitrogens with zero attached hydrogens (tertiary/aromatic N) is 2. The molecule has 0 spiro atoms. The standard InChI is InChI=1S/C15H25FN2O/c1-11(2)9-12(3)18(4)8-7-15(19)14-6-5-13(16)10-17-14/h5-6,10-12,15,19H,7-9H2,1-4H3. The molecule has 0 aliphatic heterocycles. The summed E-state index contributed by atoms with van der Waals surface area (Å²) < 4.78 is 12.7. The van der Waals surface area contributed by atoms with Gasteiger partial charge < -0.3 is 10.0 Å². The Bertz CT molecular complexity index is 367. The van der Waals surface area contributed by atoms with Gasteiger partial charge in [0, 0.05) is 12.6 Å². The Morgan fingerprint density at radius 2 is 2.00 bits per heavy atom. The van der Waals surface area contributed by atoms with E-state index in [4.69, 9.17) is 0 Å². The van der Waals surface area contributed by atoms with Crippen LogP contribution in [-0.2, 0) is 0 Å². The lowest BCUT2D eigenvalue weighted by Crippen LogP contribution is -2.31. The van der Waals surface area contributed by atoms with Gasteiger partial charge in [-0.25, -0.2) is 4.39 Å². The van der Waals surface area contributed by atoms with Gasteiger partial charge in [-0.2, -0.15) is 0 Å². The van der Waals surface area contributed by atoms with Crippen molar-refractivity contribution in [2.75, 3.05) is 13.6 Å². The number of aromatic nitrogens is 1. The highest BCUT2D eigenvalue weighted by Crippen LogP contribution is 2.16. The number of hydrogen-bond acceptors (Lipinski definition) is 3. The average Bonchev–Trinajstić information content (AvgIpc) is 2.35. The fourth-order valence-corrected chi connectivity index (χ4v) is 2.14. The lowest BCUT2D eigenvalue weighted by molar-refractivity contribution is 0.131. The molecule has 1 aromatic rings. The molecular weight excluding hydrogens is 243 g/mol. The molecule has 1 N–H and O–H groups in total. The molecule has 0 aromatic carbocycles. The van der Waals surface area contributed by atoms with Crippen molar-refractivity contribution in [3.63, 3.8) is 0 Å². The molecule has 0 saturated carbocycles. The predicted octanol–water partition coefficient (Wildman–Crippen LogP) is 3.01. The molecule has 0 saturated heterocycles. The predicted molar refractivity (Wildman–Crippen MR) is 75.3 cm³/mol. The van der Waals surface area contributed by atoms with E-state index in [2.05, 4.69) is 37.7 Å². The molecule has 4 heteroatoms. The summed E-state index contributed by atoms with van der Waals surface area (Å²) in [4.78, 5) is 6.15. The first kappa shape index (κ1) is 16.1. The van der Waals surface area contributed by atoms with E-state index in [0.717, 1.165) is 19.2 Å². The van der Waals surface area contributed by atoms with Crippen LogP contribution in [-0.4, -0.2) is 34.6 Å². The number of aliphatic hydroxyl groups is 1. The van der Waals surface area contributed by atoms with Crippen LogP contribution in [0.4, 0.5) is 4.39 Å². The molecule has 0 amide bonds. The highest BCUT2D eigenvalue weighted by molar-refractivity contribution is 5.07. The normalized spacial score (nSPS) is 14.9. The molecule has 0 fully saturated rings. The van der Waals surface area contributed by atoms with Crippen LogP contribution in [0.1, 0.15) is 45.4 Å². The lowest BCUT2D eigenvalue weighted by Gasteiger charge is -2.26. The third kappa shape index (κ3) is 5.66. The summed E-state index contributed by atoms with van der Waals surface area (Å²) in [5.41, 5.74) is 0.534. The smallest absolute Gasteiger partial charge is 0.141 e. The second-order valence-corrected chi connectivity index (χ2v) is 5.66. The Kier molecular flexibility index (Phi) is 6.38. The minimum Gasteiger partial charge on any atom is -0.387 e. The van der Waals surface area contributed by atoms with Crippen LogP contribution in [0.15, 0.2) is 18.3 Å². The molecule has 0 aliphatic carbocycles. The minimum absolute atomic E-state index is 0.376. The van der Waals surface area contributed by atoms with Crippen molar-refractivity contribution < 1.29 is 9.50 Å². The molecule has 1 rings (SSSR count). The van der Waals surface area contributed by atoms with Crippen LogP contribution in [0.25, 0.3) is 0 Å². The molecule has 1 aromatic heterocycles. The van der Waals surface area contributed by atoms with Crippen molar-refractivity contribution in [2.45, 2.75) is 45.8 Å². The van der Waals surface area contributed by atoms with E-state index in [1.54, 1.807) is 0 Å². The molecule has 0 radical (unpaired) electrons. The quantitative estimate of drug-likeness (QED) is 0.826. The van der Waals surface area contributed by atoms with E-state index in [-0.39, 0.29) is 5.82 Å². The maximum absolute atomic E-state index is 12.7. The molecule has 108 valence electrons. The molecule has 0 aliphatic rings. The van der Waals surface area contributed by atoms with Crippen LogP contribution in [0.5, 0.6) is 0 Å². The van der Waals surface area contributed by atoms with Crippen molar-refractivity contribution in [3.05, 3.63) is 29.8 Å². The molecular formula is C15H25FN2O. The summed E-state index contributed by atoms with van der Waals surface area (Å²) in [7, 11) is 2.07. The number of rotatable bonds is 7. The van der Waals surface area contributed by atoms with Crippen molar-refractivity contribution in [1.82, 2.24) is 9.88 Å². The van der Waals surface area contributed by atoms with Gasteiger partial charge in [0.2, 0.25) is 0 Å². The van der Waals surface area contributed by atoms with Gasteiger partial charge in [0.25, 0.3) is 0 Å². The summed E-state index contributed by atoms with van der Waals surface area (Å²) >= 11 is 0. The third-order valence-corrected chi connectivity index (χ3v) is 3.41. The lowest BCUT2D eigenvalue weighted by atomic mass is 10.0. The van der Waals surface area contributed by atoms with Crippen LogP contribution in [0.3, 0.4) is 0 Å². The summed E-state index contributed by atoms with van der Waals surface area (Å²) in [6.07, 6.45) is 2.26. The monoisotopic (exact) mass is 268 g/mol. The zero-order valence-corrected chi connectivity index (χ0v) is 12.3. The molecule has 19 heavy (non-hydrogen) atoms. The topological polar surface area (TPSA) is 36.4 Å². The summed E-state index contributed by atoms with van der Waals surface area (Å²) in [6, 6.07) is 3.36. The summed E-state index contributed by atoms with van der Waals surface area (Å²) in [6.45, 7) is 7.42. The zero-order chi connectivity index (χ0) is 14.4. The number of hydrogen-bond donors (Lipinski definition) is 1. The third-order valence-electron chi connectivity index (χ3n) is 3.41. The molecule has 2 atom stereocenters. The zero-order valence-electron chi connectivity index (χ0n) is 12.3. The van der Waals surface area contributed by atoms with E-state index >= 15 is 0 Å². The second kappa shape index (κ2) is 7.56. The number of aliphatic hydroxyl groups excluding tert-OH is 1. The van der Waals surface area contributed by atoms with Gasteiger partial charge in [0.05, 0.1) is 18.0 Å². The van der Waals surface area contributed by atoms with Crippen molar-refractivity contribution >= 4 is 0 Å². The van der Waals surface area contributed by atoms with E-state index in [1.807, 2.05) is 0 Å². The Balaban J connectivity index is 2.41. The highest BCUT2D eigenvalue weighted by Gasteiger charge is 2.14. The van der Waals surface area contributed by atoms with Gasteiger partial charge >= 0.3 is 0 Å². The second-order valence-electron chi connectivity index (χ2n) is 5.66. The van der Waals surface area contributed by atoms with Gasteiger partial charge in [0.15, 0.2) is 0 Å². The first-order valence-electron chi connectivity index (χ1n) is 6.90. The van der Waals surface area contributed by atoms with Gasteiger partial charge in [-0.05, 0) is 44.9 Å². The van der Waals surface area contributed by atoms with E-state index in [1.165, 1.54) is 12.1 Å². The first-order valence-corrected chi connectivity index (χ1v) is 6.90. The van der Waals surface area contributed by atoms with Crippen molar-refractivity contribution in [1.29, 1.82) is 0 Å². The maximum Gasteiger partial charge on any atom is 0.141 e. The molecule has 1 heterocycles. The maximum atomic E-state index is 12.7. The average molecular weight is 268 g/mol. The Hall–Kier alpha value is -1.00. The fourth-order valence-electron chi connectivity index (χ4n) is 2.14. The van der Waals surface area contributed by atoms with Crippen LogP contribution in [0, 0.1) is 11.7 Å². The molecule has 3 nitrogen and oxygen atoms in total. The van der Waals surface area contributed by atoms with Gasteiger partial charge in [-0.15, -0.1) is 0 Å². The Morgan fingerprint density at radius 3 is 2.53 bits per heavy atom.